The molecule has 3 heteroatoms. The van der Waals surface area contributed by atoms with Crippen LogP contribution in [0.2, 0.25) is 0 Å². The van der Waals surface area contributed by atoms with Gasteiger partial charge in [-0.1, -0.05) is 18.2 Å². The molecule has 1 atom stereocenters. The SMILES string of the molecule is OCCOc1ccccc1C1CCNC1. The van der Waals surface area contributed by atoms with E-state index in [0.717, 1.165) is 18.8 Å². The molecule has 1 heterocycles. The maximum atomic E-state index is 8.75. The average molecular weight is 207 g/mol. The molecular formula is C12H17NO2. The fourth-order valence-electron chi connectivity index (χ4n) is 2.02. The Hall–Kier alpha value is -1.06. The van der Waals surface area contributed by atoms with Crippen molar-refractivity contribution in [1.29, 1.82) is 0 Å². The van der Waals surface area contributed by atoms with Gasteiger partial charge in [-0.25, -0.2) is 0 Å². The standard InChI is InChI=1S/C12H17NO2/c14-7-8-15-12-4-2-1-3-11(12)10-5-6-13-9-10/h1-4,10,13-14H,5-9H2. The summed E-state index contributed by atoms with van der Waals surface area (Å²) in [5.41, 5.74) is 1.26. The van der Waals surface area contributed by atoms with Gasteiger partial charge in [0.2, 0.25) is 0 Å². The maximum absolute atomic E-state index is 8.75. The lowest BCUT2D eigenvalue weighted by molar-refractivity contribution is 0.200. The number of benzene rings is 1. The van der Waals surface area contributed by atoms with Crippen molar-refractivity contribution in [2.45, 2.75) is 12.3 Å². The van der Waals surface area contributed by atoms with E-state index < -0.39 is 0 Å². The lowest BCUT2D eigenvalue weighted by Gasteiger charge is -2.14. The summed E-state index contributed by atoms with van der Waals surface area (Å²) < 4.78 is 5.52. The van der Waals surface area contributed by atoms with Crippen molar-refractivity contribution in [3.8, 4) is 5.75 Å². The summed E-state index contributed by atoms with van der Waals surface area (Å²) in [5, 5.41) is 12.1. The van der Waals surface area contributed by atoms with Gasteiger partial charge in [0.25, 0.3) is 0 Å². The van der Waals surface area contributed by atoms with Gasteiger partial charge in [0.15, 0.2) is 0 Å². The zero-order valence-electron chi connectivity index (χ0n) is 8.78. The lowest BCUT2D eigenvalue weighted by atomic mass is 9.97. The summed E-state index contributed by atoms with van der Waals surface area (Å²) in [4.78, 5) is 0. The van der Waals surface area contributed by atoms with E-state index in [1.165, 1.54) is 12.0 Å². The van der Waals surface area contributed by atoms with Crippen LogP contribution in [0.5, 0.6) is 5.75 Å². The van der Waals surface area contributed by atoms with Crippen LogP contribution in [0.4, 0.5) is 0 Å². The lowest BCUT2D eigenvalue weighted by Crippen LogP contribution is -2.10. The molecule has 1 aromatic rings. The van der Waals surface area contributed by atoms with Gasteiger partial charge in [0.1, 0.15) is 12.4 Å². The molecule has 0 saturated carbocycles. The van der Waals surface area contributed by atoms with Crippen LogP contribution < -0.4 is 10.1 Å². The van der Waals surface area contributed by atoms with E-state index in [1.807, 2.05) is 18.2 Å². The highest BCUT2D eigenvalue weighted by atomic mass is 16.5. The fraction of sp³-hybridized carbons (Fsp3) is 0.500. The number of hydrogen-bond acceptors (Lipinski definition) is 3. The molecule has 1 unspecified atom stereocenters. The predicted octanol–water partition coefficient (Wildman–Crippen LogP) is 1.13. The minimum Gasteiger partial charge on any atom is -0.491 e. The highest BCUT2D eigenvalue weighted by molar-refractivity contribution is 5.37. The first-order valence-electron chi connectivity index (χ1n) is 5.45. The zero-order valence-corrected chi connectivity index (χ0v) is 8.78. The molecule has 0 bridgehead atoms. The van der Waals surface area contributed by atoms with Crippen molar-refractivity contribution < 1.29 is 9.84 Å². The van der Waals surface area contributed by atoms with Gasteiger partial charge in [-0.15, -0.1) is 0 Å². The Labute approximate surface area is 90.1 Å². The quantitative estimate of drug-likeness (QED) is 0.777. The van der Waals surface area contributed by atoms with E-state index in [4.69, 9.17) is 9.84 Å². The van der Waals surface area contributed by atoms with E-state index >= 15 is 0 Å². The van der Waals surface area contributed by atoms with E-state index in [2.05, 4.69) is 11.4 Å². The molecule has 2 N–H and O–H groups in total. The molecule has 15 heavy (non-hydrogen) atoms. The Balaban J connectivity index is 2.13. The second kappa shape index (κ2) is 5.14. The van der Waals surface area contributed by atoms with Crippen molar-refractivity contribution in [3.05, 3.63) is 29.8 Å². The third-order valence-corrected chi connectivity index (χ3v) is 2.77. The summed E-state index contributed by atoms with van der Waals surface area (Å²) >= 11 is 0. The molecule has 1 fully saturated rings. The first-order chi connectivity index (χ1) is 7.42. The second-order valence-corrected chi connectivity index (χ2v) is 3.80. The predicted molar refractivity (Wildman–Crippen MR) is 59.3 cm³/mol. The molecule has 1 aliphatic rings. The van der Waals surface area contributed by atoms with Gasteiger partial charge in [-0.3, -0.25) is 0 Å². The van der Waals surface area contributed by atoms with Crippen molar-refractivity contribution in [2.75, 3.05) is 26.3 Å². The maximum Gasteiger partial charge on any atom is 0.122 e. The Morgan fingerprint density at radius 2 is 2.27 bits per heavy atom. The summed E-state index contributed by atoms with van der Waals surface area (Å²) in [5.74, 6) is 1.47. The minimum absolute atomic E-state index is 0.0667. The van der Waals surface area contributed by atoms with Crippen LogP contribution >= 0.6 is 0 Å². The Morgan fingerprint density at radius 3 is 3.00 bits per heavy atom. The van der Waals surface area contributed by atoms with E-state index in [-0.39, 0.29) is 6.61 Å². The van der Waals surface area contributed by atoms with Crippen LogP contribution in [0.25, 0.3) is 0 Å². The van der Waals surface area contributed by atoms with E-state index in [1.54, 1.807) is 0 Å². The van der Waals surface area contributed by atoms with Gasteiger partial charge in [0.05, 0.1) is 6.61 Å². The van der Waals surface area contributed by atoms with Crippen LogP contribution in [0, 0.1) is 0 Å². The molecule has 0 spiro atoms. The second-order valence-electron chi connectivity index (χ2n) is 3.80. The van der Waals surface area contributed by atoms with Gasteiger partial charge < -0.3 is 15.2 Å². The number of rotatable bonds is 4. The van der Waals surface area contributed by atoms with Gasteiger partial charge >= 0.3 is 0 Å². The van der Waals surface area contributed by atoms with Crippen LogP contribution in [-0.2, 0) is 0 Å². The zero-order chi connectivity index (χ0) is 10.5. The first kappa shape index (κ1) is 10.5. The largest absolute Gasteiger partial charge is 0.491 e. The summed E-state index contributed by atoms with van der Waals surface area (Å²) in [6.07, 6.45) is 1.17. The number of nitrogens with one attached hydrogen (secondary N) is 1. The van der Waals surface area contributed by atoms with Crippen molar-refractivity contribution in [3.63, 3.8) is 0 Å². The van der Waals surface area contributed by atoms with Crippen LogP contribution in [0.15, 0.2) is 24.3 Å². The van der Waals surface area contributed by atoms with Crippen LogP contribution in [0.1, 0.15) is 17.9 Å². The summed E-state index contributed by atoms with van der Waals surface area (Å²) in [6, 6.07) is 8.10. The molecule has 0 aromatic heterocycles. The smallest absolute Gasteiger partial charge is 0.122 e. The average Bonchev–Trinajstić information content (AvgIpc) is 2.80. The fourth-order valence-corrected chi connectivity index (χ4v) is 2.02. The van der Waals surface area contributed by atoms with E-state index in [9.17, 15) is 0 Å². The van der Waals surface area contributed by atoms with Gasteiger partial charge in [-0.05, 0) is 24.6 Å². The molecule has 2 rings (SSSR count). The third kappa shape index (κ3) is 2.49. The molecular weight excluding hydrogens is 190 g/mol. The van der Waals surface area contributed by atoms with Crippen molar-refractivity contribution in [2.24, 2.45) is 0 Å². The molecule has 1 saturated heterocycles. The normalized spacial score (nSPS) is 20.5. The molecule has 1 aliphatic heterocycles. The molecule has 0 radical (unpaired) electrons. The molecule has 0 aliphatic carbocycles. The van der Waals surface area contributed by atoms with Crippen LogP contribution in [-0.4, -0.2) is 31.4 Å². The first-order valence-corrected chi connectivity index (χ1v) is 5.45. The Morgan fingerprint density at radius 1 is 1.40 bits per heavy atom. The summed E-state index contributed by atoms with van der Waals surface area (Å²) in [7, 11) is 0. The molecule has 3 nitrogen and oxygen atoms in total. The number of para-hydroxylation sites is 1. The minimum atomic E-state index is 0.0667. The topological polar surface area (TPSA) is 41.5 Å². The molecule has 1 aromatic carbocycles. The van der Waals surface area contributed by atoms with Gasteiger partial charge in [-0.2, -0.15) is 0 Å². The monoisotopic (exact) mass is 207 g/mol. The molecule has 0 amide bonds. The number of ether oxygens (including phenoxy) is 1. The van der Waals surface area contributed by atoms with Crippen molar-refractivity contribution >= 4 is 0 Å². The summed E-state index contributed by atoms with van der Waals surface area (Å²) in [6.45, 7) is 2.55. The Kier molecular flexibility index (Phi) is 3.59. The number of aliphatic hydroxyl groups excluding tert-OH is 1. The third-order valence-electron chi connectivity index (χ3n) is 2.77. The van der Waals surface area contributed by atoms with Crippen molar-refractivity contribution in [1.82, 2.24) is 5.32 Å². The van der Waals surface area contributed by atoms with Crippen LogP contribution in [0.3, 0.4) is 0 Å². The number of hydrogen-bond donors (Lipinski definition) is 2. The van der Waals surface area contributed by atoms with Gasteiger partial charge in [0, 0.05) is 12.5 Å². The van der Waals surface area contributed by atoms with E-state index in [0.29, 0.717) is 12.5 Å². The number of aliphatic hydroxyl groups is 1. The highest BCUT2D eigenvalue weighted by Gasteiger charge is 2.19. The Bertz CT molecular complexity index is 308. The molecule has 82 valence electrons. The highest BCUT2D eigenvalue weighted by Crippen LogP contribution is 2.30.